The minimum Gasteiger partial charge on any atom is -0.496 e. The van der Waals surface area contributed by atoms with Crippen LogP contribution in [0.1, 0.15) is 26.3 Å². The van der Waals surface area contributed by atoms with Gasteiger partial charge in [0.25, 0.3) is 0 Å². The van der Waals surface area contributed by atoms with Crippen LogP contribution in [0.4, 0.5) is 11.8 Å². The molecule has 1 aromatic carbocycles. The lowest BCUT2D eigenvalue weighted by Gasteiger charge is -2.36. The summed E-state index contributed by atoms with van der Waals surface area (Å²) in [5.41, 5.74) is 3.75. The van der Waals surface area contributed by atoms with Gasteiger partial charge in [0.2, 0.25) is 5.95 Å². The number of hydrogen-bond donors (Lipinski definition) is 1. The number of thioether (sulfide) groups is 1. The highest BCUT2D eigenvalue weighted by atomic mass is 32.2. The van der Waals surface area contributed by atoms with Gasteiger partial charge in [0.15, 0.2) is 5.65 Å². The van der Waals surface area contributed by atoms with Crippen molar-refractivity contribution in [2.24, 2.45) is 0 Å². The van der Waals surface area contributed by atoms with Crippen molar-refractivity contribution in [3.8, 4) is 17.0 Å². The van der Waals surface area contributed by atoms with E-state index < -0.39 is 0 Å². The van der Waals surface area contributed by atoms with E-state index in [-0.39, 0.29) is 12.2 Å². The second-order valence-corrected chi connectivity index (χ2v) is 11.5. The van der Waals surface area contributed by atoms with E-state index in [9.17, 15) is 0 Å². The van der Waals surface area contributed by atoms with E-state index in [0.717, 1.165) is 84.5 Å². The summed E-state index contributed by atoms with van der Waals surface area (Å²) in [6.45, 7) is 12.6. The Hall–Kier alpha value is -2.66. The van der Waals surface area contributed by atoms with Gasteiger partial charge in [0.05, 0.1) is 43.6 Å². The van der Waals surface area contributed by atoms with Crippen molar-refractivity contribution < 1.29 is 14.2 Å². The number of anilines is 2. The molecule has 39 heavy (non-hydrogen) atoms. The topological polar surface area (TPSA) is 84.9 Å². The molecule has 9 nitrogen and oxygen atoms in total. The average Bonchev–Trinajstić information content (AvgIpc) is 2.96. The van der Waals surface area contributed by atoms with E-state index >= 15 is 0 Å². The van der Waals surface area contributed by atoms with Crippen LogP contribution in [-0.2, 0) is 16.0 Å². The first-order valence-corrected chi connectivity index (χ1v) is 15.1. The van der Waals surface area contributed by atoms with Gasteiger partial charge in [-0.05, 0) is 49.9 Å². The molecule has 0 radical (unpaired) electrons. The number of pyridine rings is 1. The van der Waals surface area contributed by atoms with Gasteiger partial charge in [0, 0.05) is 56.1 Å². The van der Waals surface area contributed by atoms with Crippen LogP contribution in [0.2, 0.25) is 0 Å². The summed E-state index contributed by atoms with van der Waals surface area (Å²) in [6, 6.07) is 10.5. The van der Waals surface area contributed by atoms with E-state index in [4.69, 9.17) is 29.2 Å². The third-order valence-electron chi connectivity index (χ3n) is 7.06. The highest BCUT2D eigenvalue weighted by molar-refractivity contribution is 7.99. The number of benzene rings is 1. The van der Waals surface area contributed by atoms with Gasteiger partial charge >= 0.3 is 0 Å². The molecule has 2 aliphatic rings. The number of rotatable bonds is 10. The Morgan fingerprint density at radius 3 is 2.56 bits per heavy atom. The standard InChI is InChI=1S/C29H40N6O3S/c1-5-39-15-10-30-17-23-16-22(6-9-26(23)36-4)25-8-7-24-27(31-25)32-29(35-18-20(2)38-21(3)19-35)33-28(24)34-11-13-37-14-12-34/h6-9,16,20-21,30H,5,10-15,17-19H2,1-4H3. The molecule has 0 saturated carbocycles. The van der Waals surface area contributed by atoms with Crippen LogP contribution in [0, 0.1) is 0 Å². The molecule has 0 bridgehead atoms. The van der Waals surface area contributed by atoms with E-state index in [1.165, 1.54) is 0 Å². The summed E-state index contributed by atoms with van der Waals surface area (Å²) < 4.78 is 17.2. The summed E-state index contributed by atoms with van der Waals surface area (Å²) in [5, 5.41) is 4.50. The molecule has 210 valence electrons. The molecule has 2 unspecified atom stereocenters. The van der Waals surface area contributed by atoms with Gasteiger partial charge in [-0.2, -0.15) is 21.7 Å². The first-order valence-electron chi connectivity index (χ1n) is 13.9. The molecule has 10 heteroatoms. The maximum Gasteiger partial charge on any atom is 0.229 e. The lowest BCUT2D eigenvalue weighted by Crippen LogP contribution is -2.46. The molecule has 0 spiro atoms. The van der Waals surface area contributed by atoms with Crippen LogP contribution in [0.25, 0.3) is 22.3 Å². The molecule has 2 aliphatic heterocycles. The number of nitrogens with zero attached hydrogens (tertiary/aromatic N) is 5. The zero-order valence-corrected chi connectivity index (χ0v) is 24.3. The molecular weight excluding hydrogens is 512 g/mol. The molecule has 4 heterocycles. The summed E-state index contributed by atoms with van der Waals surface area (Å²) >= 11 is 1.94. The number of ether oxygens (including phenoxy) is 3. The molecule has 2 aromatic heterocycles. The predicted molar refractivity (Wildman–Crippen MR) is 159 cm³/mol. The van der Waals surface area contributed by atoms with Gasteiger partial charge < -0.3 is 29.3 Å². The zero-order chi connectivity index (χ0) is 27.2. The van der Waals surface area contributed by atoms with Crippen LogP contribution in [0.5, 0.6) is 5.75 Å². The summed E-state index contributed by atoms with van der Waals surface area (Å²) in [5.74, 6) is 4.74. The van der Waals surface area contributed by atoms with Crippen molar-refractivity contribution in [3.05, 3.63) is 35.9 Å². The number of aromatic nitrogens is 3. The highest BCUT2D eigenvalue weighted by Crippen LogP contribution is 2.31. The predicted octanol–water partition coefficient (Wildman–Crippen LogP) is 3.99. The number of morpholine rings is 2. The Balaban J connectivity index is 1.50. The zero-order valence-electron chi connectivity index (χ0n) is 23.5. The number of nitrogens with one attached hydrogen (secondary N) is 1. The summed E-state index contributed by atoms with van der Waals surface area (Å²) in [7, 11) is 1.72. The normalized spacial score (nSPS) is 20.0. The molecule has 2 fully saturated rings. The SMILES string of the molecule is CCSCCNCc1cc(-c2ccc3c(N4CCOCC4)nc(N4CC(C)OC(C)C4)nc3n2)ccc1OC. The molecule has 1 N–H and O–H groups in total. The quantitative estimate of drug-likeness (QED) is 0.373. The van der Waals surface area contributed by atoms with Crippen LogP contribution in [-0.4, -0.2) is 91.7 Å². The first-order chi connectivity index (χ1) is 19.1. The molecule has 2 saturated heterocycles. The van der Waals surface area contributed by atoms with Crippen molar-refractivity contribution in [2.75, 3.05) is 74.4 Å². The van der Waals surface area contributed by atoms with Gasteiger partial charge in [-0.3, -0.25) is 0 Å². The fraction of sp³-hybridized carbons (Fsp3) is 0.552. The minimum atomic E-state index is 0.117. The van der Waals surface area contributed by atoms with E-state index in [2.05, 4.69) is 60.2 Å². The minimum absolute atomic E-state index is 0.117. The van der Waals surface area contributed by atoms with Crippen molar-refractivity contribution in [2.45, 2.75) is 39.5 Å². The second-order valence-electron chi connectivity index (χ2n) is 10.1. The fourth-order valence-corrected chi connectivity index (χ4v) is 5.81. The average molecular weight is 553 g/mol. The molecule has 0 aliphatic carbocycles. The lowest BCUT2D eigenvalue weighted by molar-refractivity contribution is -0.00570. The summed E-state index contributed by atoms with van der Waals surface area (Å²) in [6.07, 6.45) is 0.233. The number of hydrogen-bond acceptors (Lipinski definition) is 10. The van der Waals surface area contributed by atoms with Gasteiger partial charge in [-0.1, -0.05) is 6.92 Å². The molecule has 0 amide bonds. The number of fused-ring (bicyclic) bond motifs is 1. The smallest absolute Gasteiger partial charge is 0.229 e. The van der Waals surface area contributed by atoms with Gasteiger partial charge in [-0.25, -0.2) is 4.98 Å². The molecular formula is C29H40N6O3S. The van der Waals surface area contributed by atoms with Crippen LogP contribution < -0.4 is 19.9 Å². The van der Waals surface area contributed by atoms with E-state index in [1.54, 1.807) is 7.11 Å². The van der Waals surface area contributed by atoms with Crippen LogP contribution in [0.3, 0.4) is 0 Å². The third kappa shape index (κ3) is 6.74. The Morgan fingerprint density at radius 2 is 1.82 bits per heavy atom. The molecule has 5 rings (SSSR count). The Kier molecular flexibility index (Phi) is 9.39. The van der Waals surface area contributed by atoms with Crippen molar-refractivity contribution in [1.29, 1.82) is 0 Å². The first kappa shape index (κ1) is 27.9. The van der Waals surface area contributed by atoms with Crippen molar-refractivity contribution in [1.82, 2.24) is 20.3 Å². The van der Waals surface area contributed by atoms with Crippen molar-refractivity contribution in [3.63, 3.8) is 0 Å². The van der Waals surface area contributed by atoms with Gasteiger partial charge in [-0.15, -0.1) is 0 Å². The maximum atomic E-state index is 5.97. The Morgan fingerprint density at radius 1 is 1.03 bits per heavy atom. The van der Waals surface area contributed by atoms with Crippen LogP contribution >= 0.6 is 11.8 Å². The highest BCUT2D eigenvalue weighted by Gasteiger charge is 2.26. The van der Waals surface area contributed by atoms with E-state index in [1.807, 2.05) is 17.8 Å². The maximum absolute atomic E-state index is 5.97. The van der Waals surface area contributed by atoms with Crippen molar-refractivity contribution >= 4 is 34.6 Å². The summed E-state index contributed by atoms with van der Waals surface area (Å²) in [4.78, 5) is 19.7. The van der Waals surface area contributed by atoms with Crippen LogP contribution in [0.15, 0.2) is 30.3 Å². The molecule has 3 aromatic rings. The molecule has 2 atom stereocenters. The Labute approximate surface area is 235 Å². The lowest BCUT2D eigenvalue weighted by atomic mass is 10.1. The monoisotopic (exact) mass is 552 g/mol. The third-order valence-corrected chi connectivity index (χ3v) is 7.96. The van der Waals surface area contributed by atoms with Gasteiger partial charge in [0.1, 0.15) is 11.6 Å². The van der Waals surface area contributed by atoms with E-state index in [0.29, 0.717) is 24.8 Å². The Bertz CT molecular complexity index is 1250. The largest absolute Gasteiger partial charge is 0.496 e. The number of methoxy groups -OCH3 is 1. The second kappa shape index (κ2) is 13.1. The fourth-order valence-electron chi connectivity index (χ4n) is 5.23.